The van der Waals surface area contributed by atoms with E-state index in [1.807, 2.05) is 23.6 Å². The Balaban J connectivity index is 1.27. The fourth-order valence-corrected chi connectivity index (χ4v) is 4.17. The number of hydrogen-bond acceptors (Lipinski definition) is 6. The molecule has 1 aliphatic heterocycles. The highest BCUT2D eigenvalue weighted by Crippen LogP contribution is 2.32. The highest BCUT2D eigenvalue weighted by Gasteiger charge is 2.13. The van der Waals surface area contributed by atoms with Crippen LogP contribution in [0.2, 0.25) is 0 Å². The van der Waals surface area contributed by atoms with Crippen molar-refractivity contribution in [2.45, 2.75) is 10.9 Å². The molecule has 1 N–H and O–H groups in total. The van der Waals surface area contributed by atoms with Gasteiger partial charge in [-0.2, -0.15) is 0 Å². The van der Waals surface area contributed by atoms with Gasteiger partial charge in [0.05, 0.1) is 11.4 Å². The summed E-state index contributed by atoms with van der Waals surface area (Å²) in [5, 5.41) is 4.79. The topological polar surface area (TPSA) is 60.5 Å². The molecule has 2 heterocycles. The third-order valence-electron chi connectivity index (χ3n) is 3.88. The molecule has 0 saturated carbocycles. The monoisotopic (exact) mass is 402 g/mol. The van der Waals surface area contributed by atoms with Gasteiger partial charge in [0.1, 0.15) is 5.82 Å². The summed E-state index contributed by atoms with van der Waals surface area (Å²) >= 11 is 2.85. The lowest BCUT2D eigenvalue weighted by atomic mass is 10.2. The van der Waals surface area contributed by atoms with Crippen LogP contribution in [0.4, 0.5) is 4.39 Å². The zero-order valence-corrected chi connectivity index (χ0v) is 15.7. The molecule has 5 nitrogen and oxygen atoms in total. The number of thioether (sulfide) groups is 1. The van der Waals surface area contributed by atoms with Crippen molar-refractivity contribution < 1.29 is 18.7 Å². The Hall–Kier alpha value is -2.58. The lowest BCUT2D eigenvalue weighted by molar-refractivity contribution is -0.118. The molecule has 0 radical (unpaired) electrons. The molecule has 0 bridgehead atoms. The lowest BCUT2D eigenvalue weighted by Gasteiger charge is -2.05. The maximum Gasteiger partial charge on any atom is 0.231 e. The van der Waals surface area contributed by atoms with Crippen LogP contribution in [0.3, 0.4) is 0 Å². The Morgan fingerprint density at radius 3 is 2.85 bits per heavy atom. The van der Waals surface area contributed by atoms with Gasteiger partial charge in [-0.05, 0) is 42.0 Å². The van der Waals surface area contributed by atoms with E-state index in [2.05, 4.69) is 10.3 Å². The average Bonchev–Trinajstić information content (AvgIpc) is 3.34. The molecule has 0 aliphatic carbocycles. The molecular formula is C19H15FN2O3S2. The van der Waals surface area contributed by atoms with Gasteiger partial charge in [0.2, 0.25) is 12.7 Å². The Morgan fingerprint density at radius 1 is 1.19 bits per heavy atom. The normalized spacial score (nSPS) is 12.2. The van der Waals surface area contributed by atoms with E-state index >= 15 is 0 Å². The average molecular weight is 402 g/mol. The van der Waals surface area contributed by atoms with E-state index in [0.717, 1.165) is 26.9 Å². The number of halogens is 1. The van der Waals surface area contributed by atoms with Gasteiger partial charge in [-0.25, -0.2) is 9.37 Å². The predicted molar refractivity (Wildman–Crippen MR) is 103 cm³/mol. The predicted octanol–water partition coefficient (Wildman–Crippen LogP) is 4.09. The van der Waals surface area contributed by atoms with Crippen LogP contribution in [-0.4, -0.2) is 23.4 Å². The third-order valence-corrected chi connectivity index (χ3v) is 5.90. The van der Waals surface area contributed by atoms with Gasteiger partial charge in [0.25, 0.3) is 0 Å². The number of nitrogens with zero attached hydrogens (tertiary/aromatic N) is 1. The second-order valence-corrected chi connectivity index (χ2v) is 7.84. The minimum atomic E-state index is -0.275. The van der Waals surface area contributed by atoms with Gasteiger partial charge in [0.15, 0.2) is 15.8 Å². The van der Waals surface area contributed by atoms with Crippen molar-refractivity contribution >= 4 is 29.0 Å². The number of fused-ring (bicyclic) bond motifs is 1. The largest absolute Gasteiger partial charge is 0.454 e. The number of amides is 1. The number of thiazole rings is 1. The molecule has 0 fully saturated rings. The number of aromatic nitrogens is 1. The SMILES string of the molecule is O=C(CSc1nc(-c2ccc(F)cc2)cs1)NCc1ccc2c(c1)OCO2. The Morgan fingerprint density at radius 2 is 2.00 bits per heavy atom. The van der Waals surface area contributed by atoms with Crippen LogP contribution in [-0.2, 0) is 11.3 Å². The highest BCUT2D eigenvalue weighted by molar-refractivity contribution is 8.01. The van der Waals surface area contributed by atoms with Crippen molar-refractivity contribution in [2.24, 2.45) is 0 Å². The third kappa shape index (κ3) is 4.40. The van der Waals surface area contributed by atoms with Crippen LogP contribution in [0.5, 0.6) is 11.5 Å². The van der Waals surface area contributed by atoms with Crippen molar-refractivity contribution in [1.29, 1.82) is 0 Å². The van der Waals surface area contributed by atoms with Gasteiger partial charge >= 0.3 is 0 Å². The van der Waals surface area contributed by atoms with Gasteiger partial charge in [-0.3, -0.25) is 4.79 Å². The second kappa shape index (κ2) is 7.98. The lowest BCUT2D eigenvalue weighted by Crippen LogP contribution is -2.24. The van der Waals surface area contributed by atoms with Crippen molar-refractivity contribution in [3.05, 3.63) is 59.2 Å². The van der Waals surface area contributed by atoms with E-state index in [1.54, 1.807) is 12.1 Å². The Bertz CT molecular complexity index is 960. The van der Waals surface area contributed by atoms with Crippen LogP contribution in [0, 0.1) is 5.82 Å². The van der Waals surface area contributed by atoms with E-state index < -0.39 is 0 Å². The summed E-state index contributed by atoms with van der Waals surface area (Å²) in [6.07, 6.45) is 0. The van der Waals surface area contributed by atoms with Crippen LogP contribution < -0.4 is 14.8 Å². The number of rotatable bonds is 6. The maximum atomic E-state index is 13.0. The molecule has 0 unspecified atom stereocenters. The van der Waals surface area contributed by atoms with E-state index in [-0.39, 0.29) is 24.3 Å². The molecule has 8 heteroatoms. The summed E-state index contributed by atoms with van der Waals surface area (Å²) in [4.78, 5) is 16.6. The maximum absolute atomic E-state index is 13.0. The summed E-state index contributed by atoms with van der Waals surface area (Å²) in [6, 6.07) is 11.8. The van der Waals surface area contributed by atoms with E-state index in [0.29, 0.717) is 12.3 Å². The standard InChI is InChI=1S/C19H15FN2O3S2/c20-14-4-2-13(3-5-14)15-9-26-19(22-15)27-10-18(23)21-8-12-1-6-16-17(7-12)25-11-24-16/h1-7,9H,8,10-11H2,(H,21,23). The summed E-state index contributed by atoms with van der Waals surface area (Å²) < 4.78 is 24.4. The van der Waals surface area contributed by atoms with E-state index in [9.17, 15) is 9.18 Å². The molecule has 138 valence electrons. The molecule has 0 saturated heterocycles. The van der Waals surface area contributed by atoms with Gasteiger partial charge in [-0.15, -0.1) is 11.3 Å². The summed E-state index contributed by atoms with van der Waals surface area (Å²) in [6.45, 7) is 0.657. The number of carbonyl (C=O) groups is 1. The molecule has 4 rings (SSSR count). The highest BCUT2D eigenvalue weighted by atomic mass is 32.2. The van der Waals surface area contributed by atoms with Crippen molar-refractivity contribution in [3.8, 4) is 22.8 Å². The number of ether oxygens (including phenoxy) is 2. The first-order valence-electron chi connectivity index (χ1n) is 8.17. The van der Waals surface area contributed by atoms with Gasteiger partial charge in [0, 0.05) is 17.5 Å². The van der Waals surface area contributed by atoms with Gasteiger partial charge < -0.3 is 14.8 Å². The number of nitrogens with one attached hydrogen (secondary N) is 1. The summed E-state index contributed by atoms with van der Waals surface area (Å²) in [5.41, 5.74) is 2.58. The molecule has 1 amide bonds. The van der Waals surface area contributed by atoms with Crippen molar-refractivity contribution in [1.82, 2.24) is 10.3 Å². The van der Waals surface area contributed by atoms with Crippen LogP contribution in [0.15, 0.2) is 52.2 Å². The van der Waals surface area contributed by atoms with Gasteiger partial charge in [-0.1, -0.05) is 17.8 Å². The first-order chi connectivity index (χ1) is 13.2. The smallest absolute Gasteiger partial charge is 0.231 e. The molecule has 2 aromatic carbocycles. The molecule has 1 aromatic heterocycles. The fourth-order valence-electron chi connectivity index (χ4n) is 2.51. The fraction of sp³-hybridized carbons (Fsp3) is 0.158. The number of benzene rings is 2. The summed E-state index contributed by atoms with van der Waals surface area (Å²) in [7, 11) is 0. The number of hydrogen-bond donors (Lipinski definition) is 1. The van der Waals surface area contributed by atoms with E-state index in [1.165, 1.54) is 35.2 Å². The zero-order valence-electron chi connectivity index (χ0n) is 14.1. The molecular weight excluding hydrogens is 387 g/mol. The molecule has 27 heavy (non-hydrogen) atoms. The molecule has 0 spiro atoms. The summed E-state index contributed by atoms with van der Waals surface area (Å²) in [5.74, 6) is 1.36. The minimum absolute atomic E-state index is 0.0730. The van der Waals surface area contributed by atoms with Crippen LogP contribution >= 0.6 is 23.1 Å². The first kappa shape index (κ1) is 17.8. The Labute approximate surface area is 163 Å². The van der Waals surface area contributed by atoms with E-state index in [4.69, 9.17) is 9.47 Å². The van der Waals surface area contributed by atoms with Crippen LogP contribution in [0.25, 0.3) is 11.3 Å². The molecule has 1 aliphatic rings. The quantitative estimate of drug-likeness (QED) is 0.630. The van der Waals surface area contributed by atoms with Crippen LogP contribution in [0.1, 0.15) is 5.56 Å². The minimum Gasteiger partial charge on any atom is -0.454 e. The molecule has 3 aromatic rings. The Kier molecular flexibility index (Phi) is 5.26. The zero-order chi connectivity index (χ0) is 18.6. The second-order valence-electron chi connectivity index (χ2n) is 5.76. The number of carbonyl (C=O) groups excluding carboxylic acids is 1. The first-order valence-corrected chi connectivity index (χ1v) is 10.0. The van der Waals surface area contributed by atoms with Crippen molar-refractivity contribution in [3.63, 3.8) is 0 Å². The molecule has 0 atom stereocenters. The van der Waals surface area contributed by atoms with Crippen molar-refractivity contribution in [2.75, 3.05) is 12.5 Å².